The molecule has 0 aromatic heterocycles. The Bertz CT molecular complexity index is 723. The first kappa shape index (κ1) is 19.2. The number of ether oxygens (including phenoxy) is 3. The highest BCUT2D eigenvalue weighted by atomic mass is 16.5. The van der Waals surface area contributed by atoms with Gasteiger partial charge in [-0.3, -0.25) is 4.79 Å². The summed E-state index contributed by atoms with van der Waals surface area (Å²) in [6.45, 7) is 2.32. The summed E-state index contributed by atoms with van der Waals surface area (Å²) in [6, 6.07) is 16.8. The summed E-state index contributed by atoms with van der Waals surface area (Å²) in [5, 5.41) is 6.65. The van der Waals surface area contributed by atoms with Crippen LogP contribution in [0.2, 0.25) is 0 Å². The smallest absolute Gasteiger partial charge is 0.325 e. The molecule has 3 rings (SSSR count). The molecule has 0 bridgehead atoms. The standard InChI is InChI=1S/C21H26N2O4/c1-25-17-8-5-9-18(14-17)26-13-10-19-20(23-12-11-22-19)21(24)27-15-16-6-3-2-4-7-16/h2-9,14,19-20,22-23H,10-13,15H2,1H3/t19-,20?/m1/s1. The Kier molecular flexibility index (Phi) is 7.07. The van der Waals surface area contributed by atoms with Gasteiger partial charge in [-0.25, -0.2) is 0 Å². The van der Waals surface area contributed by atoms with Crippen molar-refractivity contribution in [3.05, 3.63) is 60.2 Å². The summed E-state index contributed by atoms with van der Waals surface area (Å²) >= 11 is 0. The molecule has 0 saturated carbocycles. The van der Waals surface area contributed by atoms with Gasteiger partial charge in [-0.15, -0.1) is 0 Å². The number of hydrogen-bond donors (Lipinski definition) is 2. The Morgan fingerprint density at radius 2 is 1.81 bits per heavy atom. The summed E-state index contributed by atoms with van der Waals surface area (Å²) in [5.74, 6) is 1.27. The van der Waals surface area contributed by atoms with E-state index >= 15 is 0 Å². The lowest BCUT2D eigenvalue weighted by atomic mass is 10.0. The van der Waals surface area contributed by atoms with Crippen LogP contribution in [0.5, 0.6) is 11.5 Å². The molecule has 1 aliphatic heterocycles. The maximum Gasteiger partial charge on any atom is 0.325 e. The number of carbonyl (C=O) groups is 1. The third kappa shape index (κ3) is 5.70. The zero-order valence-electron chi connectivity index (χ0n) is 15.5. The highest BCUT2D eigenvalue weighted by Crippen LogP contribution is 2.19. The van der Waals surface area contributed by atoms with Crippen molar-refractivity contribution in [3.63, 3.8) is 0 Å². The number of benzene rings is 2. The predicted octanol–water partition coefficient (Wildman–Crippen LogP) is 2.14. The Morgan fingerprint density at radius 3 is 2.63 bits per heavy atom. The SMILES string of the molecule is COc1cccc(OCC[C@H]2NCCNC2C(=O)OCc2ccccc2)c1. The molecule has 0 aliphatic carbocycles. The number of carbonyl (C=O) groups excluding carboxylic acids is 1. The largest absolute Gasteiger partial charge is 0.497 e. The lowest BCUT2D eigenvalue weighted by Crippen LogP contribution is -2.60. The summed E-state index contributed by atoms with van der Waals surface area (Å²) in [6.07, 6.45) is 0.690. The molecule has 1 unspecified atom stereocenters. The van der Waals surface area contributed by atoms with Crippen LogP contribution in [0.15, 0.2) is 54.6 Å². The van der Waals surface area contributed by atoms with Gasteiger partial charge in [0.1, 0.15) is 24.1 Å². The third-order valence-electron chi connectivity index (χ3n) is 4.51. The summed E-state index contributed by atoms with van der Waals surface area (Å²) in [7, 11) is 1.63. The molecule has 2 atom stereocenters. The van der Waals surface area contributed by atoms with E-state index in [4.69, 9.17) is 14.2 Å². The fourth-order valence-corrected chi connectivity index (χ4v) is 3.07. The molecule has 144 valence electrons. The van der Waals surface area contributed by atoms with E-state index in [0.717, 1.165) is 30.2 Å². The Labute approximate surface area is 159 Å². The van der Waals surface area contributed by atoms with Crippen molar-refractivity contribution >= 4 is 5.97 Å². The van der Waals surface area contributed by atoms with E-state index in [-0.39, 0.29) is 24.7 Å². The highest BCUT2D eigenvalue weighted by Gasteiger charge is 2.31. The van der Waals surface area contributed by atoms with Crippen LogP contribution in [0.4, 0.5) is 0 Å². The zero-order valence-corrected chi connectivity index (χ0v) is 15.5. The lowest BCUT2D eigenvalue weighted by Gasteiger charge is -2.32. The van der Waals surface area contributed by atoms with E-state index in [9.17, 15) is 4.79 Å². The van der Waals surface area contributed by atoms with Crippen molar-refractivity contribution in [1.29, 1.82) is 0 Å². The number of rotatable bonds is 8. The van der Waals surface area contributed by atoms with E-state index < -0.39 is 0 Å². The molecular formula is C21H26N2O4. The Hall–Kier alpha value is -2.57. The van der Waals surface area contributed by atoms with Crippen molar-refractivity contribution in [2.45, 2.75) is 25.1 Å². The monoisotopic (exact) mass is 370 g/mol. The van der Waals surface area contributed by atoms with Crippen molar-refractivity contribution < 1.29 is 19.0 Å². The molecule has 2 N–H and O–H groups in total. The summed E-state index contributed by atoms with van der Waals surface area (Å²) in [5.41, 5.74) is 0.979. The second-order valence-electron chi connectivity index (χ2n) is 6.40. The molecule has 27 heavy (non-hydrogen) atoms. The topological polar surface area (TPSA) is 68.8 Å². The van der Waals surface area contributed by atoms with E-state index in [0.29, 0.717) is 13.0 Å². The van der Waals surface area contributed by atoms with Crippen LogP contribution >= 0.6 is 0 Å². The molecule has 1 fully saturated rings. The van der Waals surface area contributed by atoms with Gasteiger partial charge < -0.3 is 24.8 Å². The second kappa shape index (κ2) is 9.94. The molecule has 6 heteroatoms. The average molecular weight is 370 g/mol. The normalized spacial score (nSPS) is 19.3. The summed E-state index contributed by atoms with van der Waals surface area (Å²) < 4.78 is 16.5. The van der Waals surface area contributed by atoms with Crippen molar-refractivity contribution in [3.8, 4) is 11.5 Å². The number of nitrogens with one attached hydrogen (secondary N) is 2. The number of piperazine rings is 1. The van der Waals surface area contributed by atoms with Gasteiger partial charge in [0, 0.05) is 25.2 Å². The van der Waals surface area contributed by atoms with Gasteiger partial charge in [0.25, 0.3) is 0 Å². The van der Waals surface area contributed by atoms with Crippen LogP contribution in [0.25, 0.3) is 0 Å². The van der Waals surface area contributed by atoms with Crippen molar-refractivity contribution in [1.82, 2.24) is 10.6 Å². The van der Waals surface area contributed by atoms with Crippen LogP contribution in [0, 0.1) is 0 Å². The molecule has 2 aromatic carbocycles. The lowest BCUT2D eigenvalue weighted by molar-refractivity contribution is -0.149. The van der Waals surface area contributed by atoms with Gasteiger partial charge >= 0.3 is 5.97 Å². The van der Waals surface area contributed by atoms with E-state index in [1.165, 1.54) is 0 Å². The zero-order chi connectivity index (χ0) is 18.9. The molecule has 1 heterocycles. The Morgan fingerprint density at radius 1 is 1.04 bits per heavy atom. The van der Waals surface area contributed by atoms with Gasteiger partial charge in [-0.1, -0.05) is 36.4 Å². The molecule has 0 radical (unpaired) electrons. The minimum Gasteiger partial charge on any atom is -0.497 e. The van der Waals surface area contributed by atoms with E-state index in [1.54, 1.807) is 7.11 Å². The fraction of sp³-hybridized carbons (Fsp3) is 0.381. The van der Waals surface area contributed by atoms with Gasteiger partial charge in [0.05, 0.1) is 13.7 Å². The molecule has 1 aliphatic rings. The third-order valence-corrected chi connectivity index (χ3v) is 4.51. The van der Waals surface area contributed by atoms with Gasteiger partial charge in [0.15, 0.2) is 0 Å². The average Bonchev–Trinajstić information content (AvgIpc) is 2.73. The maximum absolute atomic E-state index is 12.5. The minimum absolute atomic E-state index is 0.0346. The minimum atomic E-state index is -0.378. The molecule has 6 nitrogen and oxygen atoms in total. The van der Waals surface area contributed by atoms with Crippen molar-refractivity contribution in [2.24, 2.45) is 0 Å². The quantitative estimate of drug-likeness (QED) is 0.694. The van der Waals surface area contributed by atoms with Gasteiger partial charge in [-0.05, 0) is 24.1 Å². The van der Waals surface area contributed by atoms with Crippen LogP contribution in [0.1, 0.15) is 12.0 Å². The number of esters is 1. The van der Waals surface area contributed by atoms with Gasteiger partial charge in [-0.2, -0.15) is 0 Å². The fourth-order valence-electron chi connectivity index (χ4n) is 3.07. The predicted molar refractivity (Wildman–Crippen MR) is 103 cm³/mol. The first-order chi connectivity index (χ1) is 13.3. The van der Waals surface area contributed by atoms with Crippen LogP contribution in [-0.4, -0.2) is 44.9 Å². The van der Waals surface area contributed by atoms with Crippen LogP contribution in [0.3, 0.4) is 0 Å². The van der Waals surface area contributed by atoms with E-state index in [2.05, 4.69) is 10.6 Å². The first-order valence-electron chi connectivity index (χ1n) is 9.20. The second-order valence-corrected chi connectivity index (χ2v) is 6.40. The molecular weight excluding hydrogens is 344 g/mol. The molecule has 0 spiro atoms. The highest BCUT2D eigenvalue weighted by molar-refractivity contribution is 5.77. The maximum atomic E-state index is 12.5. The van der Waals surface area contributed by atoms with Gasteiger partial charge in [0.2, 0.25) is 0 Å². The number of methoxy groups -OCH3 is 1. The molecule has 2 aromatic rings. The summed E-state index contributed by atoms with van der Waals surface area (Å²) in [4.78, 5) is 12.5. The van der Waals surface area contributed by atoms with Crippen LogP contribution in [-0.2, 0) is 16.1 Å². The first-order valence-corrected chi connectivity index (χ1v) is 9.20. The molecule has 1 saturated heterocycles. The van der Waals surface area contributed by atoms with Crippen LogP contribution < -0.4 is 20.1 Å². The van der Waals surface area contributed by atoms with Crippen molar-refractivity contribution in [2.75, 3.05) is 26.8 Å². The van der Waals surface area contributed by atoms with E-state index in [1.807, 2.05) is 54.6 Å². The Balaban J connectivity index is 1.49. The number of hydrogen-bond acceptors (Lipinski definition) is 6. The molecule has 0 amide bonds.